The topological polar surface area (TPSA) is 161 Å². The summed E-state index contributed by atoms with van der Waals surface area (Å²) in [5.74, 6) is -5.31. The molecule has 3 atom stereocenters. The Kier molecular flexibility index (Phi) is 14.7. The van der Waals surface area contributed by atoms with Crippen LogP contribution in [0.5, 0.6) is 0 Å². The van der Waals surface area contributed by atoms with Crippen LogP contribution in [0.2, 0.25) is 0 Å². The number of aliphatic hydroxyl groups excluding tert-OH is 1. The van der Waals surface area contributed by atoms with Crippen LogP contribution in [0.3, 0.4) is 0 Å². The van der Waals surface area contributed by atoms with E-state index in [0.29, 0.717) is 0 Å². The van der Waals surface area contributed by atoms with Crippen LogP contribution in [0, 0.1) is 17.8 Å². The second-order valence-corrected chi connectivity index (χ2v) is 9.21. The number of hydrogen-bond acceptors (Lipinski definition) is 12. The lowest BCUT2D eigenvalue weighted by Crippen LogP contribution is -2.39. The Balaban J connectivity index is 2.73. The summed E-state index contributed by atoms with van der Waals surface area (Å²) in [6.07, 6.45) is -0.977. The first kappa shape index (κ1) is 33.5. The molecule has 39 heavy (non-hydrogen) atoms. The highest BCUT2D eigenvalue weighted by molar-refractivity contribution is 5.87. The number of aliphatic hydroxyl groups is 1. The third kappa shape index (κ3) is 12.7. The van der Waals surface area contributed by atoms with E-state index in [0.717, 1.165) is 0 Å². The Morgan fingerprint density at radius 2 is 0.949 bits per heavy atom. The van der Waals surface area contributed by atoms with Crippen molar-refractivity contribution in [2.75, 3.05) is 39.6 Å². The predicted molar refractivity (Wildman–Crippen MR) is 136 cm³/mol. The molecule has 1 N–H and O–H groups in total. The molecule has 0 aromatic carbocycles. The molecule has 1 saturated carbocycles. The lowest BCUT2D eigenvalue weighted by atomic mass is 9.74. The van der Waals surface area contributed by atoms with Crippen LogP contribution in [-0.2, 0) is 52.4 Å². The Hall–Kier alpha value is -3.51. The van der Waals surface area contributed by atoms with Gasteiger partial charge in [-0.1, -0.05) is 19.7 Å². The van der Waals surface area contributed by atoms with Gasteiger partial charge in [0, 0.05) is 22.6 Å². The first-order chi connectivity index (χ1) is 18.3. The summed E-state index contributed by atoms with van der Waals surface area (Å²) in [6.45, 7) is 13.9. The zero-order chi connectivity index (χ0) is 29.5. The van der Waals surface area contributed by atoms with E-state index in [2.05, 4.69) is 19.7 Å². The normalized spacial score (nSPS) is 19.1. The van der Waals surface area contributed by atoms with Gasteiger partial charge in [0.1, 0.15) is 33.0 Å². The number of carbonyl (C=O) groups is 5. The summed E-state index contributed by atoms with van der Waals surface area (Å²) in [4.78, 5) is 59.9. The van der Waals surface area contributed by atoms with Crippen LogP contribution in [0.4, 0.5) is 0 Å². The minimum absolute atomic E-state index is 0.0915. The van der Waals surface area contributed by atoms with Crippen molar-refractivity contribution in [1.29, 1.82) is 0 Å². The molecule has 0 heterocycles. The maximum Gasteiger partial charge on any atom is 0.333 e. The average Bonchev–Trinajstić information content (AvgIpc) is 2.89. The summed E-state index contributed by atoms with van der Waals surface area (Å²) < 4.78 is 30.5. The van der Waals surface area contributed by atoms with Gasteiger partial charge in [-0.2, -0.15) is 0 Å². The Labute approximate surface area is 227 Å². The van der Waals surface area contributed by atoms with E-state index in [1.165, 1.54) is 20.8 Å². The van der Waals surface area contributed by atoms with Crippen molar-refractivity contribution in [3.05, 3.63) is 36.5 Å². The van der Waals surface area contributed by atoms with Crippen molar-refractivity contribution in [2.24, 2.45) is 17.8 Å². The lowest BCUT2D eigenvalue weighted by molar-refractivity contribution is -0.176. The van der Waals surface area contributed by atoms with Crippen molar-refractivity contribution in [1.82, 2.24) is 0 Å². The molecule has 0 spiro atoms. The van der Waals surface area contributed by atoms with Gasteiger partial charge in [-0.25, -0.2) is 14.4 Å². The van der Waals surface area contributed by atoms with E-state index in [4.69, 9.17) is 28.4 Å². The second-order valence-electron chi connectivity index (χ2n) is 9.21. The van der Waals surface area contributed by atoms with Gasteiger partial charge in [0.05, 0.1) is 18.4 Å². The molecule has 3 unspecified atom stereocenters. The maximum atomic E-state index is 12.7. The molecule has 0 saturated heterocycles. The molecule has 1 aliphatic carbocycles. The molecule has 0 bridgehead atoms. The van der Waals surface area contributed by atoms with Gasteiger partial charge in [-0.3, -0.25) is 9.59 Å². The van der Waals surface area contributed by atoms with Gasteiger partial charge in [0.2, 0.25) is 0 Å². The van der Waals surface area contributed by atoms with E-state index in [-0.39, 0.29) is 75.6 Å². The fourth-order valence-electron chi connectivity index (χ4n) is 3.58. The number of esters is 5. The third-order valence-corrected chi connectivity index (χ3v) is 5.59. The smallest absolute Gasteiger partial charge is 0.333 e. The maximum absolute atomic E-state index is 12.7. The van der Waals surface area contributed by atoms with Crippen molar-refractivity contribution in [2.45, 2.75) is 46.3 Å². The van der Waals surface area contributed by atoms with Crippen LogP contribution in [0.25, 0.3) is 0 Å². The molecule has 1 rings (SSSR count). The fraction of sp³-hybridized carbons (Fsp3) is 0.593. The molecule has 12 heteroatoms. The average molecular weight is 555 g/mol. The van der Waals surface area contributed by atoms with E-state index in [1.54, 1.807) is 0 Å². The minimum Gasteiger partial charge on any atom is -0.462 e. The largest absolute Gasteiger partial charge is 0.462 e. The van der Waals surface area contributed by atoms with Gasteiger partial charge in [-0.05, 0) is 40.0 Å². The first-order valence-electron chi connectivity index (χ1n) is 12.4. The monoisotopic (exact) mass is 554 g/mol. The highest BCUT2D eigenvalue weighted by Crippen LogP contribution is 2.37. The molecule has 218 valence electrons. The molecule has 0 aromatic heterocycles. The molecular weight excluding hydrogens is 516 g/mol. The summed E-state index contributed by atoms with van der Waals surface area (Å²) in [5.41, 5.74) is 0.625. The summed E-state index contributed by atoms with van der Waals surface area (Å²) in [7, 11) is 0. The predicted octanol–water partition coefficient (Wildman–Crippen LogP) is 1.80. The lowest BCUT2D eigenvalue weighted by Gasteiger charge is -2.34. The first-order valence-corrected chi connectivity index (χ1v) is 12.4. The molecular formula is C27H38O12. The number of rotatable bonds is 16. The van der Waals surface area contributed by atoms with E-state index in [9.17, 15) is 29.1 Å². The zero-order valence-electron chi connectivity index (χ0n) is 22.7. The van der Waals surface area contributed by atoms with Gasteiger partial charge < -0.3 is 33.5 Å². The Bertz CT molecular complexity index is 883. The van der Waals surface area contributed by atoms with Crippen molar-refractivity contribution in [3.63, 3.8) is 0 Å². The minimum atomic E-state index is -1.37. The van der Waals surface area contributed by atoms with Crippen LogP contribution < -0.4 is 0 Å². The number of hydrogen-bond donors (Lipinski definition) is 1. The zero-order valence-corrected chi connectivity index (χ0v) is 22.7. The van der Waals surface area contributed by atoms with Crippen LogP contribution in [0.1, 0.15) is 40.0 Å². The Morgan fingerprint density at radius 1 is 0.615 bits per heavy atom. The summed E-state index contributed by atoms with van der Waals surface area (Å²) in [5, 5.41) is 10.6. The second kappa shape index (κ2) is 17.2. The number of carbonyl (C=O) groups excluding carboxylic acids is 5. The van der Waals surface area contributed by atoms with Crippen molar-refractivity contribution >= 4 is 29.8 Å². The van der Waals surface area contributed by atoms with Gasteiger partial charge >= 0.3 is 29.8 Å². The van der Waals surface area contributed by atoms with E-state index in [1.807, 2.05) is 0 Å². The van der Waals surface area contributed by atoms with Crippen LogP contribution >= 0.6 is 0 Å². The SMILES string of the molecule is C=C(C)C(=O)OCCOC(=O)C1CC(C(=O)OCCOC(=O)C(=C)C)CC(C(O)OCCOC(=O)C(=C)C)C1. The van der Waals surface area contributed by atoms with Crippen LogP contribution in [0.15, 0.2) is 36.5 Å². The molecule has 0 aromatic rings. The molecule has 1 aliphatic rings. The summed E-state index contributed by atoms with van der Waals surface area (Å²) in [6, 6.07) is 0. The molecule has 0 aliphatic heterocycles. The highest BCUT2D eigenvalue weighted by Gasteiger charge is 2.40. The summed E-state index contributed by atoms with van der Waals surface area (Å²) >= 11 is 0. The third-order valence-electron chi connectivity index (χ3n) is 5.59. The molecule has 1 fully saturated rings. The standard InChI is InChI=1S/C27H38O12/c1-16(2)22(28)34-7-10-37-25(31)19-13-20(26(32)38-11-8-35-23(29)17(3)4)15-21(14-19)27(33)39-12-9-36-24(30)18(5)6/h19-21,25,31H,1,3,5,7-15H2,2,4,6H3. The highest BCUT2D eigenvalue weighted by atomic mass is 16.6. The van der Waals surface area contributed by atoms with Crippen LogP contribution in [-0.4, -0.2) is 80.9 Å². The van der Waals surface area contributed by atoms with Crippen molar-refractivity contribution < 1.29 is 57.5 Å². The quantitative estimate of drug-likeness (QED) is 0.0970. The fourth-order valence-corrected chi connectivity index (χ4v) is 3.58. The van der Waals surface area contributed by atoms with E-state index >= 15 is 0 Å². The van der Waals surface area contributed by atoms with Gasteiger partial charge in [0.25, 0.3) is 0 Å². The molecule has 0 amide bonds. The van der Waals surface area contributed by atoms with Gasteiger partial charge in [-0.15, -0.1) is 0 Å². The van der Waals surface area contributed by atoms with Crippen molar-refractivity contribution in [3.8, 4) is 0 Å². The Morgan fingerprint density at radius 3 is 1.31 bits per heavy atom. The van der Waals surface area contributed by atoms with Gasteiger partial charge in [0.15, 0.2) is 6.29 Å². The number of ether oxygens (including phenoxy) is 6. The van der Waals surface area contributed by atoms with E-state index < -0.39 is 53.9 Å². The molecule has 12 nitrogen and oxygen atoms in total. The molecule has 0 radical (unpaired) electrons.